The van der Waals surface area contributed by atoms with Crippen LogP contribution in [0.15, 0.2) is 30.5 Å². The topological polar surface area (TPSA) is 57.7 Å². The third-order valence-electron chi connectivity index (χ3n) is 2.99. The molecule has 1 aromatic carbocycles. The largest absolute Gasteiger partial charge is 0.354 e. The Morgan fingerprint density at radius 3 is 2.90 bits per heavy atom. The van der Waals surface area contributed by atoms with Gasteiger partial charge in [-0.2, -0.15) is 15.1 Å². The number of halogens is 2. The summed E-state index contributed by atoms with van der Waals surface area (Å²) in [6, 6.07) is 6.63. The average Bonchev–Trinajstić information content (AvgIpc) is 2.88. The number of nitrogens with one attached hydrogen (secondary N) is 1. The molecule has 0 amide bonds. The zero-order valence-corrected chi connectivity index (χ0v) is 11.4. The molecule has 0 radical (unpaired) electrons. The molecule has 0 atom stereocenters. The highest BCUT2D eigenvalue weighted by molar-refractivity contribution is 6.28. The average molecular weight is 292 g/mol. The lowest BCUT2D eigenvalue weighted by Gasteiger charge is -2.19. The summed E-state index contributed by atoms with van der Waals surface area (Å²) in [4.78, 5) is 10.0. The van der Waals surface area contributed by atoms with Gasteiger partial charge >= 0.3 is 0 Å². The summed E-state index contributed by atoms with van der Waals surface area (Å²) in [6.07, 6.45) is 1.62. The minimum Gasteiger partial charge on any atom is -0.354 e. The van der Waals surface area contributed by atoms with E-state index < -0.39 is 0 Å². The first-order chi connectivity index (χ1) is 9.65. The van der Waals surface area contributed by atoms with E-state index in [0.29, 0.717) is 23.6 Å². The van der Waals surface area contributed by atoms with Crippen molar-refractivity contribution in [2.24, 2.45) is 0 Å². The van der Waals surface area contributed by atoms with E-state index >= 15 is 0 Å². The molecular weight excluding hydrogens is 281 g/mol. The van der Waals surface area contributed by atoms with Crippen LogP contribution in [0.1, 0.15) is 5.56 Å². The van der Waals surface area contributed by atoms with Gasteiger partial charge in [-0.05, 0) is 17.7 Å². The van der Waals surface area contributed by atoms with Crippen molar-refractivity contribution in [2.45, 2.75) is 6.54 Å². The molecule has 102 valence electrons. The summed E-state index contributed by atoms with van der Waals surface area (Å²) in [5.41, 5.74) is 1.14. The van der Waals surface area contributed by atoms with Gasteiger partial charge in [-0.3, -0.25) is 5.10 Å². The standard InChI is InChI=1S/C13H11ClFN5/c1-20(7-8-4-2-3-5-10(8)15)12-9-6-16-19-11(9)17-13(14)18-12/h2-6H,7H2,1H3,(H,16,17,18,19). The van der Waals surface area contributed by atoms with Crippen LogP contribution in [0, 0.1) is 5.82 Å². The second kappa shape index (κ2) is 5.05. The number of H-pyrrole nitrogens is 1. The minimum absolute atomic E-state index is 0.122. The lowest BCUT2D eigenvalue weighted by atomic mass is 10.2. The maximum absolute atomic E-state index is 13.7. The molecule has 3 aromatic rings. The quantitative estimate of drug-likeness (QED) is 0.754. The van der Waals surface area contributed by atoms with Crippen LogP contribution < -0.4 is 4.90 Å². The zero-order valence-electron chi connectivity index (χ0n) is 10.6. The number of hydrogen-bond acceptors (Lipinski definition) is 4. The molecule has 7 heteroatoms. The van der Waals surface area contributed by atoms with Crippen LogP contribution in [0.25, 0.3) is 11.0 Å². The van der Waals surface area contributed by atoms with Gasteiger partial charge in [-0.25, -0.2) is 4.39 Å². The first-order valence-corrected chi connectivity index (χ1v) is 6.34. The van der Waals surface area contributed by atoms with Crippen LogP contribution in [0.2, 0.25) is 5.28 Å². The van der Waals surface area contributed by atoms with E-state index in [0.717, 1.165) is 5.39 Å². The molecular formula is C13H11ClFN5. The Labute approximate surface area is 119 Å². The second-order valence-corrected chi connectivity index (χ2v) is 4.73. The maximum Gasteiger partial charge on any atom is 0.226 e. The van der Waals surface area contributed by atoms with E-state index in [1.807, 2.05) is 11.9 Å². The van der Waals surface area contributed by atoms with Crippen molar-refractivity contribution in [1.29, 1.82) is 0 Å². The lowest BCUT2D eigenvalue weighted by molar-refractivity contribution is 0.607. The van der Waals surface area contributed by atoms with Gasteiger partial charge in [-0.15, -0.1) is 0 Å². The van der Waals surface area contributed by atoms with Crippen molar-refractivity contribution < 1.29 is 4.39 Å². The van der Waals surface area contributed by atoms with Crippen molar-refractivity contribution in [1.82, 2.24) is 20.2 Å². The van der Waals surface area contributed by atoms with Gasteiger partial charge in [-0.1, -0.05) is 18.2 Å². The Hall–Kier alpha value is -2.21. The van der Waals surface area contributed by atoms with Crippen LogP contribution in [-0.4, -0.2) is 27.2 Å². The third kappa shape index (κ3) is 2.30. The first-order valence-electron chi connectivity index (χ1n) is 5.96. The molecule has 20 heavy (non-hydrogen) atoms. The van der Waals surface area contributed by atoms with E-state index in [2.05, 4.69) is 20.2 Å². The Morgan fingerprint density at radius 1 is 1.30 bits per heavy atom. The van der Waals surface area contributed by atoms with E-state index in [4.69, 9.17) is 11.6 Å². The predicted octanol–water partition coefficient (Wildman–Crippen LogP) is 2.78. The SMILES string of the molecule is CN(Cc1ccccc1F)c1nc(Cl)nc2[nH]ncc12. The predicted molar refractivity (Wildman–Crippen MR) is 75.2 cm³/mol. The highest BCUT2D eigenvalue weighted by Gasteiger charge is 2.14. The number of aromatic nitrogens is 4. The van der Waals surface area contributed by atoms with Crippen LogP contribution in [0.5, 0.6) is 0 Å². The van der Waals surface area contributed by atoms with E-state index in [9.17, 15) is 4.39 Å². The summed E-state index contributed by atoms with van der Waals surface area (Å²) in [6.45, 7) is 0.375. The molecule has 2 aromatic heterocycles. The molecule has 5 nitrogen and oxygen atoms in total. The number of rotatable bonds is 3. The summed E-state index contributed by atoms with van der Waals surface area (Å²) in [7, 11) is 1.82. The monoisotopic (exact) mass is 291 g/mol. The highest BCUT2D eigenvalue weighted by atomic mass is 35.5. The number of anilines is 1. The fourth-order valence-electron chi connectivity index (χ4n) is 2.04. The van der Waals surface area contributed by atoms with E-state index in [1.165, 1.54) is 6.07 Å². The highest BCUT2D eigenvalue weighted by Crippen LogP contribution is 2.24. The number of aromatic amines is 1. The van der Waals surface area contributed by atoms with Crippen molar-refractivity contribution in [3.63, 3.8) is 0 Å². The van der Waals surface area contributed by atoms with Crippen LogP contribution in [-0.2, 0) is 6.54 Å². The van der Waals surface area contributed by atoms with Gasteiger partial charge in [0.1, 0.15) is 11.6 Å². The zero-order chi connectivity index (χ0) is 14.1. The fourth-order valence-corrected chi connectivity index (χ4v) is 2.21. The van der Waals surface area contributed by atoms with Gasteiger partial charge in [0.25, 0.3) is 0 Å². The smallest absolute Gasteiger partial charge is 0.226 e. The summed E-state index contributed by atoms with van der Waals surface area (Å²) < 4.78 is 13.7. The Bertz CT molecular complexity index is 757. The number of nitrogens with zero attached hydrogens (tertiary/aromatic N) is 4. The minimum atomic E-state index is -0.247. The van der Waals surface area contributed by atoms with Crippen molar-refractivity contribution in [3.05, 3.63) is 47.1 Å². The summed E-state index contributed by atoms with van der Waals surface area (Å²) >= 11 is 5.89. The lowest BCUT2D eigenvalue weighted by Crippen LogP contribution is -2.19. The van der Waals surface area contributed by atoms with E-state index in [-0.39, 0.29) is 11.1 Å². The Balaban J connectivity index is 1.98. The van der Waals surface area contributed by atoms with Gasteiger partial charge < -0.3 is 4.90 Å². The molecule has 3 rings (SSSR count). The molecule has 0 aliphatic carbocycles. The summed E-state index contributed by atoms with van der Waals surface area (Å²) in [5.74, 6) is 0.361. The van der Waals surface area contributed by atoms with Gasteiger partial charge in [0, 0.05) is 19.2 Å². The maximum atomic E-state index is 13.7. The molecule has 0 bridgehead atoms. The van der Waals surface area contributed by atoms with Crippen LogP contribution >= 0.6 is 11.6 Å². The van der Waals surface area contributed by atoms with Crippen molar-refractivity contribution >= 4 is 28.5 Å². The number of benzene rings is 1. The summed E-state index contributed by atoms with van der Waals surface area (Å²) in [5, 5.41) is 7.53. The molecule has 1 N–H and O–H groups in total. The molecule has 0 aliphatic rings. The molecule has 0 saturated carbocycles. The molecule has 0 saturated heterocycles. The number of fused-ring (bicyclic) bond motifs is 1. The van der Waals surface area contributed by atoms with E-state index in [1.54, 1.807) is 24.4 Å². The molecule has 0 spiro atoms. The van der Waals surface area contributed by atoms with Crippen LogP contribution in [0.3, 0.4) is 0 Å². The Kier molecular flexibility index (Phi) is 3.23. The van der Waals surface area contributed by atoms with Crippen molar-refractivity contribution in [2.75, 3.05) is 11.9 Å². The normalized spacial score (nSPS) is 10.9. The van der Waals surface area contributed by atoms with Crippen molar-refractivity contribution in [3.8, 4) is 0 Å². The Morgan fingerprint density at radius 2 is 2.10 bits per heavy atom. The second-order valence-electron chi connectivity index (χ2n) is 4.40. The molecule has 0 unspecified atom stereocenters. The van der Waals surface area contributed by atoms with Gasteiger partial charge in [0.2, 0.25) is 5.28 Å². The van der Waals surface area contributed by atoms with Gasteiger partial charge in [0.05, 0.1) is 11.6 Å². The number of hydrogen-bond donors (Lipinski definition) is 1. The fraction of sp³-hybridized carbons (Fsp3) is 0.154. The molecule has 2 heterocycles. The molecule has 0 fully saturated rings. The third-order valence-corrected chi connectivity index (χ3v) is 3.16. The van der Waals surface area contributed by atoms with Gasteiger partial charge in [0.15, 0.2) is 5.65 Å². The van der Waals surface area contributed by atoms with Crippen LogP contribution in [0.4, 0.5) is 10.2 Å². The molecule has 0 aliphatic heterocycles. The first kappa shape index (κ1) is 12.8.